The molecule has 2 fully saturated rings. The minimum Gasteiger partial charge on any atom is -0.444 e. The predicted molar refractivity (Wildman–Crippen MR) is 147 cm³/mol. The zero-order chi connectivity index (χ0) is 28.7. The van der Waals surface area contributed by atoms with Crippen molar-refractivity contribution in [2.45, 2.75) is 96.6 Å². The number of carbonyl (C=O) groups excluding carboxylic acids is 3. The van der Waals surface area contributed by atoms with Gasteiger partial charge in [0.25, 0.3) is 6.43 Å². The fourth-order valence-corrected chi connectivity index (χ4v) is 5.96. The monoisotopic (exact) mass is 549 g/mol. The van der Waals surface area contributed by atoms with Crippen molar-refractivity contribution in [3.8, 4) is 0 Å². The van der Waals surface area contributed by atoms with Gasteiger partial charge >= 0.3 is 6.09 Å². The van der Waals surface area contributed by atoms with Crippen molar-refractivity contribution in [1.29, 1.82) is 0 Å². The van der Waals surface area contributed by atoms with Gasteiger partial charge in [-0.25, -0.2) is 13.6 Å². The van der Waals surface area contributed by atoms with Gasteiger partial charge in [0.1, 0.15) is 5.60 Å². The molecule has 2 amide bonds. The summed E-state index contributed by atoms with van der Waals surface area (Å²) in [4.78, 5) is 42.3. The first-order chi connectivity index (χ1) is 18.4. The van der Waals surface area contributed by atoms with E-state index in [2.05, 4.69) is 0 Å². The summed E-state index contributed by atoms with van der Waals surface area (Å²) in [6.07, 6.45) is 1.57. The van der Waals surface area contributed by atoms with Crippen molar-refractivity contribution < 1.29 is 27.9 Å². The molecule has 2 heterocycles. The van der Waals surface area contributed by atoms with Gasteiger partial charge in [-0.2, -0.15) is 0 Å². The average molecular weight is 550 g/mol. The Hall–Kier alpha value is -2.55. The summed E-state index contributed by atoms with van der Waals surface area (Å²) < 4.78 is 30.9. The smallest absolute Gasteiger partial charge is 0.410 e. The number of piperidine rings is 2. The van der Waals surface area contributed by atoms with Crippen LogP contribution in [0.25, 0.3) is 0 Å². The number of ether oxygens (including phenoxy) is 1. The number of hydrogen-bond donors (Lipinski definition) is 1. The lowest BCUT2D eigenvalue weighted by molar-refractivity contribution is -0.132. The van der Waals surface area contributed by atoms with Crippen molar-refractivity contribution in [1.82, 2.24) is 9.80 Å². The van der Waals surface area contributed by atoms with Crippen LogP contribution in [-0.4, -0.2) is 71.8 Å². The van der Waals surface area contributed by atoms with E-state index in [9.17, 15) is 23.2 Å². The summed E-state index contributed by atoms with van der Waals surface area (Å²) in [7, 11) is 0. The third kappa shape index (κ3) is 8.98. The number of carbonyl (C=O) groups is 3. The molecule has 0 aromatic heterocycles. The normalized spacial score (nSPS) is 22.1. The molecular weight excluding hydrogens is 504 g/mol. The molecule has 0 aliphatic carbocycles. The maximum atomic E-state index is 13.6. The van der Waals surface area contributed by atoms with E-state index in [1.165, 1.54) is 0 Å². The van der Waals surface area contributed by atoms with Gasteiger partial charge in [0.15, 0.2) is 5.78 Å². The standard InChI is InChI=1S/C30H45F2N3O4/c1-5-21-7-6-14-35(29(38)39-30(2,3)4)27(21)25(36)18-24(28(33)37)17-20-8-10-22(11-9-20)23-12-15-34(16-13-23)19-26(31)32/h8-11,21,23-24,26-27H,5-7,12-19H2,1-4H3,(H2,33,37)/t21-,24-,27+/m1/s1. The number of halogens is 2. The number of ketones is 1. The number of alkyl halides is 2. The molecule has 218 valence electrons. The highest BCUT2D eigenvalue weighted by Gasteiger charge is 2.41. The number of primary amides is 1. The Morgan fingerprint density at radius 3 is 2.23 bits per heavy atom. The van der Waals surface area contributed by atoms with Crippen molar-refractivity contribution in [3.63, 3.8) is 0 Å². The zero-order valence-corrected chi connectivity index (χ0v) is 23.8. The van der Waals surface area contributed by atoms with Crippen LogP contribution in [0.2, 0.25) is 0 Å². The van der Waals surface area contributed by atoms with Gasteiger partial charge in [-0.1, -0.05) is 37.6 Å². The van der Waals surface area contributed by atoms with Gasteiger partial charge in [0.2, 0.25) is 5.91 Å². The molecular formula is C30H45F2N3O4. The number of amides is 2. The molecule has 2 saturated heterocycles. The first-order valence-electron chi connectivity index (χ1n) is 14.3. The summed E-state index contributed by atoms with van der Waals surface area (Å²) in [5.41, 5.74) is 7.14. The molecule has 1 aromatic rings. The SMILES string of the molecule is CC[C@@H]1CCCN(C(=O)OC(C)(C)C)[C@@H]1C(=O)C[C@@H](Cc1ccc(C2CCN(CC(F)F)CC2)cc1)C(N)=O. The van der Waals surface area contributed by atoms with Crippen LogP contribution in [0, 0.1) is 11.8 Å². The van der Waals surface area contributed by atoms with E-state index >= 15 is 0 Å². The van der Waals surface area contributed by atoms with Crippen LogP contribution < -0.4 is 5.73 Å². The van der Waals surface area contributed by atoms with E-state index < -0.39 is 36.0 Å². The molecule has 0 radical (unpaired) electrons. The zero-order valence-electron chi connectivity index (χ0n) is 23.8. The molecule has 0 bridgehead atoms. The lowest BCUT2D eigenvalue weighted by atomic mass is 9.81. The maximum Gasteiger partial charge on any atom is 0.410 e. The number of Topliss-reactive ketones (excluding diaryl/α,β-unsaturated/α-hetero) is 1. The van der Waals surface area contributed by atoms with Gasteiger partial charge in [-0.15, -0.1) is 0 Å². The molecule has 0 spiro atoms. The first-order valence-corrected chi connectivity index (χ1v) is 14.3. The summed E-state index contributed by atoms with van der Waals surface area (Å²) >= 11 is 0. The second-order valence-corrected chi connectivity index (χ2v) is 12.1. The van der Waals surface area contributed by atoms with Crippen LogP contribution in [-0.2, 0) is 20.7 Å². The van der Waals surface area contributed by atoms with Crippen molar-refractivity contribution >= 4 is 17.8 Å². The van der Waals surface area contributed by atoms with Crippen LogP contribution in [0.5, 0.6) is 0 Å². The second-order valence-electron chi connectivity index (χ2n) is 12.1. The van der Waals surface area contributed by atoms with E-state index in [1.807, 2.05) is 36.1 Å². The number of likely N-dealkylation sites (tertiary alicyclic amines) is 2. The Bertz CT molecular complexity index is 971. The first kappa shape index (κ1) is 31.0. The molecule has 2 aliphatic heterocycles. The van der Waals surface area contributed by atoms with E-state index in [4.69, 9.17) is 10.5 Å². The molecule has 39 heavy (non-hydrogen) atoms. The number of benzene rings is 1. The van der Waals surface area contributed by atoms with Crippen LogP contribution in [0.15, 0.2) is 24.3 Å². The van der Waals surface area contributed by atoms with E-state index in [0.29, 0.717) is 32.0 Å². The lowest BCUT2D eigenvalue weighted by Gasteiger charge is -2.41. The summed E-state index contributed by atoms with van der Waals surface area (Å²) in [6.45, 7) is 9.00. The van der Waals surface area contributed by atoms with Crippen LogP contribution in [0.4, 0.5) is 13.6 Å². The molecule has 3 atom stereocenters. The Morgan fingerprint density at radius 2 is 1.69 bits per heavy atom. The topological polar surface area (TPSA) is 92.9 Å². The van der Waals surface area contributed by atoms with Crippen LogP contribution in [0.1, 0.15) is 83.3 Å². The largest absolute Gasteiger partial charge is 0.444 e. The number of nitrogens with zero attached hydrogens (tertiary/aromatic N) is 2. The van der Waals surface area contributed by atoms with E-state index in [-0.39, 0.29) is 24.7 Å². The summed E-state index contributed by atoms with van der Waals surface area (Å²) in [5, 5.41) is 0. The molecule has 2 N–H and O–H groups in total. The number of rotatable bonds is 10. The van der Waals surface area contributed by atoms with Crippen LogP contribution >= 0.6 is 0 Å². The molecule has 0 unspecified atom stereocenters. The Labute approximate surface area is 231 Å². The predicted octanol–water partition coefficient (Wildman–Crippen LogP) is 5.16. The highest BCUT2D eigenvalue weighted by Crippen LogP contribution is 2.31. The van der Waals surface area contributed by atoms with Gasteiger partial charge < -0.3 is 10.5 Å². The summed E-state index contributed by atoms with van der Waals surface area (Å²) in [6, 6.07) is 7.36. The molecule has 0 saturated carbocycles. The Morgan fingerprint density at radius 1 is 1.05 bits per heavy atom. The highest BCUT2D eigenvalue weighted by molar-refractivity contribution is 5.91. The fourth-order valence-electron chi connectivity index (χ4n) is 5.96. The second kappa shape index (κ2) is 13.7. The molecule has 1 aromatic carbocycles. The fraction of sp³-hybridized carbons (Fsp3) is 0.700. The van der Waals surface area contributed by atoms with Crippen molar-refractivity contribution in [3.05, 3.63) is 35.4 Å². The number of hydrogen-bond acceptors (Lipinski definition) is 5. The number of nitrogens with two attached hydrogens (primary N) is 1. The van der Waals surface area contributed by atoms with Gasteiger partial charge in [-0.3, -0.25) is 19.4 Å². The molecule has 9 heteroatoms. The van der Waals surface area contributed by atoms with E-state index in [0.717, 1.165) is 43.2 Å². The Kier molecular flexibility index (Phi) is 10.9. The highest BCUT2D eigenvalue weighted by atomic mass is 19.3. The van der Waals surface area contributed by atoms with E-state index in [1.54, 1.807) is 25.7 Å². The molecule has 2 aliphatic rings. The maximum absolute atomic E-state index is 13.6. The third-order valence-electron chi connectivity index (χ3n) is 8.01. The Balaban J connectivity index is 1.65. The van der Waals surface area contributed by atoms with Gasteiger partial charge in [-0.05, 0) is 88.9 Å². The quantitative estimate of drug-likeness (QED) is 0.435. The average Bonchev–Trinajstić information content (AvgIpc) is 2.87. The minimum absolute atomic E-state index is 0.0127. The van der Waals surface area contributed by atoms with Crippen molar-refractivity contribution in [2.75, 3.05) is 26.2 Å². The summed E-state index contributed by atoms with van der Waals surface area (Å²) in [5.74, 6) is -1.04. The molecule has 7 nitrogen and oxygen atoms in total. The molecule has 3 rings (SSSR count). The lowest BCUT2D eigenvalue weighted by Crippen LogP contribution is -2.54. The van der Waals surface area contributed by atoms with Gasteiger partial charge in [0.05, 0.1) is 12.6 Å². The van der Waals surface area contributed by atoms with Crippen molar-refractivity contribution in [2.24, 2.45) is 17.6 Å². The minimum atomic E-state index is -2.31. The van der Waals surface area contributed by atoms with Gasteiger partial charge in [0, 0.05) is 18.9 Å². The third-order valence-corrected chi connectivity index (χ3v) is 8.01. The van der Waals surface area contributed by atoms with Crippen LogP contribution in [0.3, 0.4) is 0 Å².